The van der Waals surface area contributed by atoms with Crippen molar-refractivity contribution in [3.05, 3.63) is 11.9 Å². The van der Waals surface area contributed by atoms with Crippen LogP contribution < -0.4 is 0 Å². The van der Waals surface area contributed by atoms with Crippen molar-refractivity contribution in [3.63, 3.8) is 0 Å². The Bertz CT molecular complexity index is 447. The van der Waals surface area contributed by atoms with Gasteiger partial charge in [-0.3, -0.25) is 4.90 Å². The Balaban J connectivity index is 1.87. The summed E-state index contributed by atoms with van der Waals surface area (Å²) in [6.07, 6.45) is 10.8. The third kappa shape index (κ3) is 2.73. The van der Waals surface area contributed by atoms with Gasteiger partial charge in [0.1, 0.15) is 6.10 Å². The molecule has 1 unspecified atom stereocenters. The Morgan fingerprint density at radius 3 is 2.57 bits per heavy atom. The van der Waals surface area contributed by atoms with E-state index in [-0.39, 0.29) is 5.54 Å². The molecule has 1 aromatic rings. The second-order valence-electron chi connectivity index (χ2n) is 6.64. The van der Waals surface area contributed by atoms with E-state index in [1.165, 1.54) is 32.1 Å². The van der Waals surface area contributed by atoms with Crippen LogP contribution in [0.4, 0.5) is 0 Å². The number of aliphatic hydroxyl groups excluding tert-OH is 1. The highest BCUT2D eigenvalue weighted by Crippen LogP contribution is 2.45. The van der Waals surface area contributed by atoms with Crippen molar-refractivity contribution in [1.82, 2.24) is 19.9 Å². The van der Waals surface area contributed by atoms with Gasteiger partial charge in [-0.2, -0.15) is 0 Å². The zero-order valence-corrected chi connectivity index (χ0v) is 13.2. The molecule has 5 nitrogen and oxygen atoms in total. The maximum atomic E-state index is 11.2. The molecule has 1 atom stereocenters. The maximum absolute atomic E-state index is 11.2. The first-order valence-corrected chi connectivity index (χ1v) is 8.59. The lowest BCUT2D eigenvalue weighted by Crippen LogP contribution is -2.53. The molecule has 3 rings (SSSR count). The van der Waals surface area contributed by atoms with E-state index in [2.05, 4.69) is 22.1 Å². The van der Waals surface area contributed by atoms with Crippen LogP contribution in [0.1, 0.15) is 70.1 Å². The van der Waals surface area contributed by atoms with Gasteiger partial charge >= 0.3 is 0 Å². The number of aromatic nitrogens is 3. The monoisotopic (exact) mass is 292 g/mol. The summed E-state index contributed by atoms with van der Waals surface area (Å²) in [6.45, 7) is 5.23. The molecule has 0 amide bonds. The number of hydrogen-bond donors (Lipinski definition) is 1. The molecule has 0 aromatic carbocycles. The smallest absolute Gasteiger partial charge is 0.116 e. The Morgan fingerprint density at radius 1 is 1.19 bits per heavy atom. The van der Waals surface area contributed by atoms with Gasteiger partial charge < -0.3 is 5.11 Å². The number of rotatable bonds is 5. The second kappa shape index (κ2) is 6.44. The Labute approximate surface area is 127 Å². The first-order chi connectivity index (χ1) is 10.3. The molecule has 1 aliphatic heterocycles. The summed E-state index contributed by atoms with van der Waals surface area (Å²) in [5.74, 6) is 0. The summed E-state index contributed by atoms with van der Waals surface area (Å²) in [6, 6.07) is 0. The molecule has 0 radical (unpaired) electrons. The Morgan fingerprint density at radius 2 is 1.90 bits per heavy atom. The van der Waals surface area contributed by atoms with Crippen molar-refractivity contribution in [3.8, 4) is 0 Å². The highest BCUT2D eigenvalue weighted by molar-refractivity contribution is 5.12. The van der Waals surface area contributed by atoms with Gasteiger partial charge in [-0.05, 0) is 45.2 Å². The molecule has 1 aliphatic carbocycles. The van der Waals surface area contributed by atoms with E-state index in [0.29, 0.717) is 0 Å². The van der Waals surface area contributed by atoms with Gasteiger partial charge in [0, 0.05) is 6.54 Å². The zero-order valence-electron chi connectivity index (χ0n) is 13.2. The third-order valence-electron chi connectivity index (χ3n) is 5.33. The summed E-state index contributed by atoms with van der Waals surface area (Å²) in [7, 11) is 0. The van der Waals surface area contributed by atoms with Crippen LogP contribution in [-0.4, -0.2) is 43.6 Å². The van der Waals surface area contributed by atoms with E-state index in [0.717, 1.165) is 44.6 Å². The van der Waals surface area contributed by atoms with Crippen LogP contribution >= 0.6 is 0 Å². The lowest BCUT2D eigenvalue weighted by molar-refractivity contribution is -0.0444. The minimum absolute atomic E-state index is 0.0758. The molecule has 2 fully saturated rings. The van der Waals surface area contributed by atoms with Crippen molar-refractivity contribution in [2.75, 3.05) is 13.1 Å². The molecule has 0 spiro atoms. The predicted molar refractivity (Wildman–Crippen MR) is 81.9 cm³/mol. The van der Waals surface area contributed by atoms with E-state index in [1.807, 2.05) is 4.68 Å². The molecular weight excluding hydrogens is 264 g/mol. The van der Waals surface area contributed by atoms with Crippen LogP contribution in [0, 0.1) is 0 Å². The quantitative estimate of drug-likeness (QED) is 0.906. The average molecular weight is 292 g/mol. The molecule has 0 bridgehead atoms. The van der Waals surface area contributed by atoms with Crippen LogP contribution in [0.2, 0.25) is 0 Å². The third-order valence-corrected chi connectivity index (χ3v) is 5.33. The molecule has 21 heavy (non-hydrogen) atoms. The maximum Gasteiger partial charge on any atom is 0.116 e. The van der Waals surface area contributed by atoms with Crippen molar-refractivity contribution in [1.29, 1.82) is 0 Å². The highest BCUT2D eigenvalue weighted by atomic mass is 16.3. The fourth-order valence-electron chi connectivity index (χ4n) is 4.23. The predicted octanol–water partition coefficient (Wildman–Crippen LogP) is 2.52. The van der Waals surface area contributed by atoms with Crippen molar-refractivity contribution < 1.29 is 5.11 Å². The molecule has 1 N–H and O–H groups in total. The van der Waals surface area contributed by atoms with Gasteiger partial charge in [-0.1, -0.05) is 31.4 Å². The van der Waals surface area contributed by atoms with Gasteiger partial charge in [0.05, 0.1) is 17.4 Å². The van der Waals surface area contributed by atoms with Gasteiger partial charge in [0.2, 0.25) is 0 Å². The Hall–Kier alpha value is -0.940. The van der Waals surface area contributed by atoms with E-state index < -0.39 is 6.10 Å². The fraction of sp³-hybridized carbons (Fsp3) is 0.875. The van der Waals surface area contributed by atoms with Crippen LogP contribution in [0.15, 0.2) is 6.20 Å². The molecule has 2 heterocycles. The first kappa shape index (κ1) is 15.0. The van der Waals surface area contributed by atoms with Crippen molar-refractivity contribution in [2.24, 2.45) is 0 Å². The summed E-state index contributed by atoms with van der Waals surface area (Å²) in [4.78, 5) is 2.57. The summed E-state index contributed by atoms with van der Waals surface area (Å²) >= 11 is 0. The van der Waals surface area contributed by atoms with E-state index in [1.54, 1.807) is 6.20 Å². The first-order valence-electron chi connectivity index (χ1n) is 8.59. The number of hydrogen-bond acceptors (Lipinski definition) is 4. The van der Waals surface area contributed by atoms with Crippen LogP contribution in [0.5, 0.6) is 0 Å². The molecule has 2 aliphatic rings. The van der Waals surface area contributed by atoms with Gasteiger partial charge in [0.15, 0.2) is 0 Å². The van der Waals surface area contributed by atoms with E-state index in [4.69, 9.17) is 0 Å². The summed E-state index contributed by atoms with van der Waals surface area (Å²) in [5.41, 5.74) is 0.831. The topological polar surface area (TPSA) is 54.2 Å². The number of aliphatic hydroxyl groups is 1. The van der Waals surface area contributed by atoms with Gasteiger partial charge in [-0.25, -0.2) is 4.68 Å². The standard InChI is InChI=1S/C16H28N4O/c1-2-10-20-14(13-17-18-20)15(21)16(8-4-5-9-16)19-11-6-3-7-12-19/h13,15,21H,2-12H2,1H3. The summed E-state index contributed by atoms with van der Waals surface area (Å²) < 4.78 is 1.90. The van der Waals surface area contributed by atoms with Crippen LogP contribution in [-0.2, 0) is 6.54 Å². The molecular formula is C16H28N4O. The van der Waals surface area contributed by atoms with E-state index >= 15 is 0 Å². The number of likely N-dealkylation sites (tertiary alicyclic amines) is 1. The van der Waals surface area contributed by atoms with Gasteiger partial charge in [0.25, 0.3) is 0 Å². The van der Waals surface area contributed by atoms with Crippen LogP contribution in [0.25, 0.3) is 0 Å². The van der Waals surface area contributed by atoms with E-state index in [9.17, 15) is 5.11 Å². The molecule has 118 valence electrons. The molecule has 1 aromatic heterocycles. The minimum Gasteiger partial charge on any atom is -0.385 e. The molecule has 1 saturated heterocycles. The molecule has 1 saturated carbocycles. The number of nitrogens with zero attached hydrogens (tertiary/aromatic N) is 4. The average Bonchev–Trinajstić information content (AvgIpc) is 3.18. The van der Waals surface area contributed by atoms with Crippen LogP contribution in [0.3, 0.4) is 0 Å². The normalized spacial score (nSPS) is 24.3. The second-order valence-corrected chi connectivity index (χ2v) is 6.64. The SMILES string of the molecule is CCCn1nncc1C(O)C1(N2CCCCC2)CCCC1. The van der Waals surface area contributed by atoms with Crippen molar-refractivity contribution >= 4 is 0 Å². The van der Waals surface area contributed by atoms with Crippen molar-refractivity contribution in [2.45, 2.75) is 76.5 Å². The largest absolute Gasteiger partial charge is 0.385 e. The minimum atomic E-state index is -0.459. The van der Waals surface area contributed by atoms with Gasteiger partial charge in [-0.15, -0.1) is 5.10 Å². The number of aryl methyl sites for hydroxylation is 1. The zero-order chi connectivity index (χ0) is 14.7. The number of piperidine rings is 1. The molecule has 5 heteroatoms. The fourth-order valence-corrected chi connectivity index (χ4v) is 4.23. The Kier molecular flexibility index (Phi) is 4.60. The summed E-state index contributed by atoms with van der Waals surface area (Å²) in [5, 5.41) is 19.4. The lowest BCUT2D eigenvalue weighted by Gasteiger charge is -2.46. The lowest BCUT2D eigenvalue weighted by atomic mass is 9.85. The highest BCUT2D eigenvalue weighted by Gasteiger charge is 2.47.